The Morgan fingerprint density at radius 2 is 1.84 bits per heavy atom. The Balaban J connectivity index is 0.00000182. The third-order valence-corrected chi connectivity index (χ3v) is 4.60. The molecule has 0 aliphatic carbocycles. The molecule has 2 aromatic carbocycles. The van der Waals surface area contributed by atoms with Gasteiger partial charge in [-0.05, 0) is 31.7 Å². The Bertz CT molecular complexity index is 886. The Labute approximate surface area is 152 Å². The molecular weight excluding hydrogens is 339 g/mol. The van der Waals surface area contributed by atoms with Crippen LogP contribution in [-0.4, -0.2) is 36.1 Å². The van der Waals surface area contributed by atoms with Crippen LogP contribution in [-0.2, 0) is 0 Å². The summed E-state index contributed by atoms with van der Waals surface area (Å²) >= 11 is 0. The highest BCUT2D eigenvalue weighted by Gasteiger charge is 2.24. The summed E-state index contributed by atoms with van der Waals surface area (Å²) in [7, 11) is 1.97. The van der Waals surface area contributed by atoms with Crippen molar-refractivity contribution in [1.29, 1.82) is 0 Å². The highest BCUT2D eigenvalue weighted by molar-refractivity contribution is 5.93. The maximum atomic E-state index is 14.3. The smallest absolute Gasteiger partial charge is 0.226 e. The van der Waals surface area contributed by atoms with E-state index in [1.807, 2.05) is 37.4 Å². The fourth-order valence-electron chi connectivity index (χ4n) is 3.24. The van der Waals surface area contributed by atoms with Gasteiger partial charge in [0.15, 0.2) is 0 Å². The van der Waals surface area contributed by atoms with Gasteiger partial charge >= 0.3 is 0 Å². The van der Waals surface area contributed by atoms with Gasteiger partial charge in [0.05, 0.1) is 11.2 Å². The molecule has 6 heteroatoms. The van der Waals surface area contributed by atoms with Crippen molar-refractivity contribution in [3.05, 3.63) is 54.3 Å². The molecule has 25 heavy (non-hydrogen) atoms. The maximum Gasteiger partial charge on any atom is 0.226 e. The molecule has 1 saturated heterocycles. The Kier molecular flexibility index (Phi) is 5.16. The molecule has 0 bridgehead atoms. The number of likely N-dealkylation sites (N-methyl/N-ethyl adjacent to an activating group) is 1. The van der Waals surface area contributed by atoms with E-state index in [-0.39, 0.29) is 18.2 Å². The van der Waals surface area contributed by atoms with Crippen molar-refractivity contribution in [3.63, 3.8) is 0 Å². The molecular formula is C19H20ClFN4. The SMILES string of the molecule is CN[C@H]1CCN(c2nc(-c3ccccc3F)c3ccccc3n2)C1.Cl. The highest BCUT2D eigenvalue weighted by Crippen LogP contribution is 2.30. The molecule has 1 fully saturated rings. The molecule has 4 rings (SSSR count). The summed E-state index contributed by atoms with van der Waals surface area (Å²) in [5, 5.41) is 4.17. The van der Waals surface area contributed by atoms with E-state index in [0.717, 1.165) is 30.4 Å². The summed E-state index contributed by atoms with van der Waals surface area (Å²) in [6.45, 7) is 1.77. The van der Waals surface area contributed by atoms with Crippen LogP contribution in [0.15, 0.2) is 48.5 Å². The van der Waals surface area contributed by atoms with Crippen LogP contribution in [0.4, 0.5) is 10.3 Å². The van der Waals surface area contributed by atoms with Crippen LogP contribution >= 0.6 is 12.4 Å². The van der Waals surface area contributed by atoms with Gasteiger partial charge in [-0.25, -0.2) is 14.4 Å². The molecule has 0 saturated carbocycles. The lowest BCUT2D eigenvalue weighted by Gasteiger charge is -2.18. The Morgan fingerprint density at radius 3 is 2.60 bits per heavy atom. The molecule has 2 heterocycles. The average Bonchev–Trinajstić information content (AvgIpc) is 3.10. The minimum Gasteiger partial charge on any atom is -0.339 e. The molecule has 1 aliphatic rings. The zero-order valence-corrected chi connectivity index (χ0v) is 14.8. The van der Waals surface area contributed by atoms with Crippen molar-refractivity contribution < 1.29 is 4.39 Å². The van der Waals surface area contributed by atoms with Crippen LogP contribution < -0.4 is 10.2 Å². The van der Waals surface area contributed by atoms with Crippen LogP contribution in [0.2, 0.25) is 0 Å². The van der Waals surface area contributed by atoms with Crippen LogP contribution in [0, 0.1) is 5.82 Å². The molecule has 1 N–H and O–H groups in total. The highest BCUT2D eigenvalue weighted by atomic mass is 35.5. The number of hydrogen-bond acceptors (Lipinski definition) is 4. The van der Waals surface area contributed by atoms with E-state index in [0.29, 0.717) is 23.2 Å². The molecule has 1 aromatic heterocycles. The number of nitrogens with one attached hydrogen (secondary N) is 1. The fraction of sp³-hybridized carbons (Fsp3) is 0.263. The number of nitrogens with zero attached hydrogens (tertiary/aromatic N) is 3. The summed E-state index contributed by atoms with van der Waals surface area (Å²) in [5.41, 5.74) is 2.01. The second-order valence-corrected chi connectivity index (χ2v) is 6.09. The first-order valence-electron chi connectivity index (χ1n) is 8.20. The molecule has 4 nitrogen and oxygen atoms in total. The standard InChI is InChI=1S/C19H19FN4.ClH/c1-21-13-10-11-24(12-13)19-22-17-9-5-3-7-15(17)18(23-19)14-6-2-4-8-16(14)20;/h2-9,13,21H,10-12H2,1H3;1H/t13-;/m0./s1. The van der Waals surface area contributed by atoms with Gasteiger partial charge in [-0.3, -0.25) is 0 Å². The van der Waals surface area contributed by atoms with Crippen LogP contribution in [0.1, 0.15) is 6.42 Å². The molecule has 0 spiro atoms. The number of benzene rings is 2. The topological polar surface area (TPSA) is 41.0 Å². The van der Waals surface area contributed by atoms with Crippen molar-refractivity contribution in [1.82, 2.24) is 15.3 Å². The number of aromatic nitrogens is 2. The second kappa shape index (κ2) is 7.33. The van der Waals surface area contributed by atoms with Gasteiger partial charge in [0, 0.05) is 30.1 Å². The number of anilines is 1. The monoisotopic (exact) mass is 358 g/mol. The zero-order valence-electron chi connectivity index (χ0n) is 13.9. The number of halogens is 2. The minimum absolute atomic E-state index is 0. The molecule has 1 aliphatic heterocycles. The quantitative estimate of drug-likeness (QED) is 0.775. The van der Waals surface area contributed by atoms with Gasteiger partial charge in [-0.1, -0.05) is 30.3 Å². The third kappa shape index (κ3) is 3.30. The lowest BCUT2D eigenvalue weighted by atomic mass is 10.1. The summed E-state index contributed by atoms with van der Waals surface area (Å²) in [6, 6.07) is 15.0. The van der Waals surface area contributed by atoms with Crippen molar-refractivity contribution >= 4 is 29.3 Å². The predicted octanol–water partition coefficient (Wildman–Crippen LogP) is 3.66. The van der Waals surface area contributed by atoms with Crippen molar-refractivity contribution in [3.8, 4) is 11.3 Å². The minimum atomic E-state index is -0.262. The van der Waals surface area contributed by atoms with Crippen molar-refractivity contribution in [2.24, 2.45) is 0 Å². The number of rotatable bonds is 3. The molecule has 1 atom stereocenters. The second-order valence-electron chi connectivity index (χ2n) is 6.09. The van der Waals surface area contributed by atoms with Crippen LogP contribution in [0.5, 0.6) is 0 Å². The zero-order chi connectivity index (χ0) is 16.5. The van der Waals surface area contributed by atoms with E-state index >= 15 is 0 Å². The van der Waals surface area contributed by atoms with E-state index in [4.69, 9.17) is 9.97 Å². The third-order valence-electron chi connectivity index (χ3n) is 4.60. The van der Waals surface area contributed by atoms with E-state index in [1.54, 1.807) is 12.1 Å². The lowest BCUT2D eigenvalue weighted by molar-refractivity contribution is 0.616. The van der Waals surface area contributed by atoms with Gasteiger partial charge in [-0.15, -0.1) is 12.4 Å². The maximum absolute atomic E-state index is 14.3. The summed E-state index contributed by atoms with van der Waals surface area (Å²) in [4.78, 5) is 11.6. The first kappa shape index (κ1) is 17.6. The molecule has 130 valence electrons. The van der Waals surface area contributed by atoms with E-state index in [1.165, 1.54) is 6.07 Å². The van der Waals surface area contributed by atoms with E-state index in [2.05, 4.69) is 10.2 Å². The number of para-hydroxylation sites is 1. The van der Waals surface area contributed by atoms with Crippen LogP contribution in [0.25, 0.3) is 22.2 Å². The van der Waals surface area contributed by atoms with Gasteiger partial charge in [0.2, 0.25) is 5.95 Å². The van der Waals surface area contributed by atoms with Gasteiger partial charge in [0.25, 0.3) is 0 Å². The summed E-state index contributed by atoms with van der Waals surface area (Å²) in [5.74, 6) is 0.409. The van der Waals surface area contributed by atoms with E-state index < -0.39 is 0 Å². The summed E-state index contributed by atoms with van der Waals surface area (Å²) in [6.07, 6.45) is 1.06. The molecule has 0 unspecified atom stereocenters. The van der Waals surface area contributed by atoms with Gasteiger partial charge in [0.1, 0.15) is 5.82 Å². The predicted molar refractivity (Wildman–Crippen MR) is 102 cm³/mol. The summed E-state index contributed by atoms with van der Waals surface area (Å²) < 4.78 is 14.3. The van der Waals surface area contributed by atoms with Gasteiger partial charge < -0.3 is 10.2 Å². The number of fused-ring (bicyclic) bond motifs is 1. The van der Waals surface area contributed by atoms with Crippen molar-refractivity contribution in [2.75, 3.05) is 25.0 Å². The largest absolute Gasteiger partial charge is 0.339 e. The fourth-order valence-corrected chi connectivity index (χ4v) is 3.24. The first-order valence-corrected chi connectivity index (χ1v) is 8.20. The molecule has 3 aromatic rings. The Morgan fingerprint density at radius 1 is 1.08 bits per heavy atom. The average molecular weight is 359 g/mol. The molecule has 0 amide bonds. The molecule has 0 radical (unpaired) electrons. The lowest BCUT2D eigenvalue weighted by Crippen LogP contribution is -2.30. The normalized spacial score (nSPS) is 16.9. The van der Waals surface area contributed by atoms with Gasteiger partial charge in [-0.2, -0.15) is 0 Å². The Hall–Kier alpha value is -2.24. The van der Waals surface area contributed by atoms with E-state index in [9.17, 15) is 4.39 Å². The van der Waals surface area contributed by atoms with Crippen molar-refractivity contribution in [2.45, 2.75) is 12.5 Å². The first-order chi connectivity index (χ1) is 11.8. The van der Waals surface area contributed by atoms with Crippen LogP contribution in [0.3, 0.4) is 0 Å². The number of hydrogen-bond donors (Lipinski definition) is 1.